The molecule has 4 heterocycles. The third kappa shape index (κ3) is 12.7. The first-order valence-corrected chi connectivity index (χ1v) is 28.2. The zero-order chi connectivity index (χ0) is 55.6. The fraction of sp³-hybridized carbons (Fsp3) is 0.0889. The number of aryl methyl sites for hydroxylation is 4. The van der Waals surface area contributed by atoms with Gasteiger partial charge in [-0.1, -0.05) is 12.1 Å². The summed E-state index contributed by atoms with van der Waals surface area (Å²) in [6, 6.07) is 15.8. The molecule has 6 amide bonds. The zero-order valence-electron chi connectivity index (χ0n) is 40.7. The molecule has 0 aliphatic heterocycles. The molecule has 0 aliphatic rings. The van der Waals surface area contributed by atoms with Gasteiger partial charge in [0.2, 0.25) is 0 Å². The van der Waals surface area contributed by atoms with Crippen molar-refractivity contribution >= 4 is 166 Å². The molecule has 8 rings (SSSR count). The summed E-state index contributed by atoms with van der Waals surface area (Å²) < 4.78 is 54.0. The SMILES string of the molecule is Cn1cc(NC(=O)Nc2cc(C(=O)Nc3cc(C(=O)Nc4ccc(P(=O)(O)O)c5cc(P(=O)(O)O)ccc45)n(C)c3)n(C)c2)cc1C(=O)Nc1cc(C(=O)Nc2ccc(P(=O)(O)O)c3cc(P(=O)(O)O)ccc23)n(C)c1.[Na]. The summed E-state index contributed by atoms with van der Waals surface area (Å²) in [5.41, 5.74) is 1.13. The van der Waals surface area contributed by atoms with Gasteiger partial charge in [0.1, 0.15) is 22.8 Å². The number of aromatic nitrogens is 4. The Bertz CT molecular complexity index is 3720. The Balaban J connectivity index is 0.00000861. The van der Waals surface area contributed by atoms with Crippen molar-refractivity contribution in [2.24, 2.45) is 28.2 Å². The Morgan fingerprint density at radius 1 is 0.364 bits per heavy atom. The molecule has 27 nitrogen and oxygen atoms in total. The Morgan fingerprint density at radius 2 is 0.649 bits per heavy atom. The number of urea groups is 1. The number of nitrogens with one attached hydrogen (secondary N) is 6. The topological polar surface area (TPSA) is 407 Å². The third-order valence-corrected chi connectivity index (χ3v) is 15.7. The zero-order valence-corrected chi connectivity index (χ0v) is 46.3. The summed E-state index contributed by atoms with van der Waals surface area (Å²) in [7, 11) is -13.4. The molecule has 77 heavy (non-hydrogen) atoms. The molecule has 0 unspecified atom stereocenters. The molecule has 0 saturated carbocycles. The van der Waals surface area contributed by atoms with Crippen molar-refractivity contribution in [1.82, 2.24) is 18.3 Å². The summed E-state index contributed by atoms with van der Waals surface area (Å²) in [6.07, 6.45) is 5.79. The molecule has 0 fully saturated rings. The maximum Gasteiger partial charge on any atom is 0.356 e. The molecule has 8 aromatic rings. The van der Waals surface area contributed by atoms with Crippen molar-refractivity contribution in [1.29, 1.82) is 0 Å². The van der Waals surface area contributed by atoms with Crippen LogP contribution in [-0.4, -0.2) is 117 Å². The first-order chi connectivity index (χ1) is 35.3. The van der Waals surface area contributed by atoms with Crippen LogP contribution in [0.5, 0.6) is 0 Å². The van der Waals surface area contributed by atoms with E-state index in [4.69, 9.17) is 0 Å². The van der Waals surface area contributed by atoms with Crippen molar-refractivity contribution in [3.63, 3.8) is 0 Å². The average Bonchev–Trinajstić information content (AvgIpc) is 4.08. The van der Waals surface area contributed by atoms with Crippen LogP contribution in [0.3, 0.4) is 0 Å². The van der Waals surface area contributed by atoms with E-state index >= 15 is 0 Å². The standard InChI is InChI=1S/C45H44N10O17P4.Na/c1-52-19-23(13-37(52)43(58)50-33-9-11-39(75(67,68)69)31-17-27(73(61,62)63)5-7-29(31)33)46-41(56)35-15-25(21-54(35)3)48-45(60)49-26-16-36(55(4)22-26)42(57)47-24-14-38(53(2)20-24)44(59)51-34-10-12-40(76(70,71)72)32-18-28(74(64,65)66)6-8-30(32)34;/h5-22H,1-4H3,(H,46,56)(H,47,57)(H,50,58)(H,51,59)(H2,48,49,60)(H2,61,62,63)(H2,64,65,66)(H2,67,68,69)(H2,70,71,72);. The van der Waals surface area contributed by atoms with Crippen LogP contribution in [0.4, 0.5) is 38.9 Å². The number of nitrogens with zero attached hydrogens (tertiary/aromatic N) is 4. The van der Waals surface area contributed by atoms with E-state index in [1.807, 2.05) is 0 Å². The van der Waals surface area contributed by atoms with Crippen molar-refractivity contribution in [3.05, 3.63) is 132 Å². The van der Waals surface area contributed by atoms with E-state index in [1.54, 1.807) is 14.1 Å². The first-order valence-electron chi connectivity index (χ1n) is 21.7. The monoisotopic (exact) mass is 1140 g/mol. The van der Waals surface area contributed by atoms with Gasteiger partial charge in [-0.2, -0.15) is 0 Å². The predicted molar refractivity (Wildman–Crippen MR) is 286 cm³/mol. The van der Waals surface area contributed by atoms with Crippen LogP contribution < -0.4 is 53.1 Å². The minimum atomic E-state index is -4.93. The molecular formula is C45H44N10NaO17P4. The first kappa shape index (κ1) is 58.0. The second-order valence-electron chi connectivity index (χ2n) is 17.2. The molecular weight excluding hydrogens is 1100 g/mol. The van der Waals surface area contributed by atoms with Crippen molar-refractivity contribution < 1.29 is 81.4 Å². The van der Waals surface area contributed by atoms with Crippen LogP contribution in [0, 0.1) is 0 Å². The number of hydrogen-bond acceptors (Lipinski definition) is 9. The Hall–Kier alpha value is -6.73. The van der Waals surface area contributed by atoms with E-state index in [1.165, 1.54) is 106 Å². The number of carbonyl (C=O) groups excluding carboxylic acids is 5. The number of hydrogen-bond donors (Lipinski definition) is 14. The quantitative estimate of drug-likeness (QED) is 0.0550. The summed E-state index contributed by atoms with van der Waals surface area (Å²) >= 11 is 0. The molecule has 0 saturated heterocycles. The van der Waals surface area contributed by atoms with Gasteiger partial charge in [-0.05, 0) is 72.8 Å². The van der Waals surface area contributed by atoms with Crippen LogP contribution >= 0.6 is 30.4 Å². The van der Waals surface area contributed by atoms with Gasteiger partial charge in [0.05, 0.1) is 44.0 Å². The summed E-state index contributed by atoms with van der Waals surface area (Å²) in [6.45, 7) is 0. The molecule has 0 bridgehead atoms. The Morgan fingerprint density at radius 3 is 0.935 bits per heavy atom. The number of amides is 6. The second-order valence-corrected chi connectivity index (χ2v) is 23.5. The van der Waals surface area contributed by atoms with E-state index in [2.05, 4.69) is 31.9 Å². The van der Waals surface area contributed by atoms with Gasteiger partial charge < -0.3 is 89.3 Å². The van der Waals surface area contributed by atoms with Gasteiger partial charge in [0, 0.05) is 115 Å². The number of anilines is 6. The van der Waals surface area contributed by atoms with Crippen LogP contribution in [0.25, 0.3) is 21.5 Å². The van der Waals surface area contributed by atoms with Crippen LogP contribution in [0.15, 0.2) is 110 Å². The van der Waals surface area contributed by atoms with Gasteiger partial charge in [-0.15, -0.1) is 0 Å². The van der Waals surface area contributed by atoms with E-state index in [0.29, 0.717) is 0 Å². The Labute approximate surface area is 456 Å². The number of rotatable bonds is 14. The largest absolute Gasteiger partial charge is 0.356 e. The normalized spacial score (nSPS) is 12.0. The van der Waals surface area contributed by atoms with Crippen LogP contribution in [-0.2, 0) is 46.5 Å². The van der Waals surface area contributed by atoms with Gasteiger partial charge in [-0.3, -0.25) is 37.4 Å². The minimum Gasteiger partial charge on any atom is -0.344 e. The third-order valence-electron chi connectivity index (χ3n) is 11.7. The van der Waals surface area contributed by atoms with Gasteiger partial charge in [0.25, 0.3) is 23.6 Å². The molecule has 0 aliphatic carbocycles. The molecule has 397 valence electrons. The van der Waals surface area contributed by atoms with Crippen molar-refractivity contribution in [3.8, 4) is 0 Å². The van der Waals surface area contributed by atoms with Crippen LogP contribution in [0.2, 0.25) is 0 Å². The van der Waals surface area contributed by atoms with Crippen molar-refractivity contribution in [2.75, 3.05) is 31.9 Å². The molecule has 0 atom stereocenters. The number of fused-ring (bicyclic) bond motifs is 2. The van der Waals surface area contributed by atoms with E-state index in [0.717, 1.165) is 36.4 Å². The van der Waals surface area contributed by atoms with E-state index in [9.17, 15) is 81.4 Å². The molecule has 4 aromatic heterocycles. The number of carbonyl (C=O) groups is 5. The van der Waals surface area contributed by atoms with Gasteiger partial charge in [-0.25, -0.2) is 4.79 Å². The van der Waals surface area contributed by atoms with E-state index < -0.39 is 81.3 Å². The van der Waals surface area contributed by atoms with Gasteiger partial charge >= 0.3 is 36.4 Å². The Kier molecular flexibility index (Phi) is 16.3. The average molecular weight is 1140 g/mol. The maximum absolute atomic E-state index is 13.5. The summed E-state index contributed by atoms with van der Waals surface area (Å²) in [5.74, 6) is -2.69. The number of benzene rings is 4. The minimum absolute atomic E-state index is 0. The molecule has 1 radical (unpaired) electrons. The van der Waals surface area contributed by atoms with E-state index in [-0.39, 0.29) is 108 Å². The summed E-state index contributed by atoms with van der Waals surface area (Å²) in [5, 5.41) is 13.6. The van der Waals surface area contributed by atoms with Crippen LogP contribution in [0.1, 0.15) is 42.0 Å². The fourth-order valence-electron chi connectivity index (χ4n) is 8.22. The molecule has 14 N–H and O–H groups in total. The molecule has 32 heteroatoms. The smallest absolute Gasteiger partial charge is 0.344 e. The van der Waals surface area contributed by atoms with Crippen molar-refractivity contribution in [2.45, 2.75) is 0 Å². The predicted octanol–water partition coefficient (Wildman–Crippen LogP) is 2.83. The maximum atomic E-state index is 13.5. The summed E-state index contributed by atoms with van der Waals surface area (Å²) in [4.78, 5) is 145. The van der Waals surface area contributed by atoms with Gasteiger partial charge in [0.15, 0.2) is 0 Å². The fourth-order valence-corrected chi connectivity index (χ4v) is 10.9. The molecule has 4 aromatic carbocycles. The second kappa shape index (κ2) is 21.6. The molecule has 0 spiro atoms.